The van der Waals surface area contributed by atoms with Gasteiger partial charge in [0, 0.05) is 10.2 Å². The van der Waals surface area contributed by atoms with Crippen LogP contribution in [0.5, 0.6) is 0 Å². The molecule has 0 radical (unpaired) electrons. The lowest BCUT2D eigenvalue weighted by Gasteiger charge is -2.10. The third-order valence-electron chi connectivity index (χ3n) is 3.75. The summed E-state index contributed by atoms with van der Waals surface area (Å²) in [6.07, 6.45) is 2.37. The van der Waals surface area contributed by atoms with E-state index in [1.165, 1.54) is 38.1 Å². The molecule has 1 heteroatoms. The van der Waals surface area contributed by atoms with Crippen molar-refractivity contribution >= 4 is 16.3 Å². The quantitative estimate of drug-likeness (QED) is 0.667. The molecule has 0 saturated heterocycles. The van der Waals surface area contributed by atoms with Gasteiger partial charge < -0.3 is 0 Å². The highest BCUT2D eigenvalue weighted by atomic mass is 28.1. The molecule has 1 atom stereocenters. The van der Waals surface area contributed by atoms with Crippen molar-refractivity contribution in [1.82, 2.24) is 0 Å². The maximum atomic E-state index is 2.37. The Hall–Kier alpha value is -1.60. The van der Waals surface area contributed by atoms with Crippen LogP contribution in [0.1, 0.15) is 23.6 Å². The van der Waals surface area contributed by atoms with Gasteiger partial charge >= 0.3 is 0 Å². The van der Waals surface area contributed by atoms with Crippen molar-refractivity contribution in [3.8, 4) is 11.1 Å². The Morgan fingerprint density at radius 2 is 1.71 bits per heavy atom. The first-order valence-corrected chi connectivity index (χ1v) is 7.29. The third kappa shape index (κ3) is 1.67. The molecule has 1 unspecified atom stereocenters. The molecule has 84 valence electrons. The molecule has 0 spiro atoms. The molecule has 0 heterocycles. The van der Waals surface area contributed by atoms with Gasteiger partial charge in [0.15, 0.2) is 0 Å². The number of rotatable bonds is 1. The fraction of sp³-hybridized carbons (Fsp3) is 0.125. The van der Waals surface area contributed by atoms with Crippen LogP contribution < -0.4 is 0 Å². The Morgan fingerprint density at radius 1 is 0.941 bits per heavy atom. The molecular weight excluding hydrogens is 220 g/mol. The van der Waals surface area contributed by atoms with Crippen LogP contribution in [-0.2, 0) is 0 Å². The third-order valence-corrected chi connectivity index (χ3v) is 5.28. The minimum absolute atomic E-state index is 0.702. The van der Waals surface area contributed by atoms with Crippen LogP contribution in [0.2, 0.25) is 0 Å². The lowest BCUT2D eigenvalue weighted by Crippen LogP contribution is -1.95. The van der Waals surface area contributed by atoms with E-state index in [1.807, 2.05) is 0 Å². The first-order valence-electron chi connectivity index (χ1n) is 6.14. The predicted octanol–water partition coefficient (Wildman–Crippen LogP) is 3.18. The number of benzene rings is 2. The van der Waals surface area contributed by atoms with Crippen LogP contribution >= 0.6 is 0 Å². The summed E-state index contributed by atoms with van der Waals surface area (Å²) in [6, 6.07) is 17.4. The molecule has 1 aliphatic carbocycles. The highest BCUT2D eigenvalue weighted by molar-refractivity contribution is 6.16. The van der Waals surface area contributed by atoms with Gasteiger partial charge in [-0.2, -0.15) is 0 Å². The Balaban J connectivity index is 2.22. The lowest BCUT2D eigenvalue weighted by atomic mass is 9.97. The maximum Gasteiger partial charge on any atom is 0.0174 e. The molecule has 3 rings (SSSR count). The Bertz CT molecular complexity index is 582. The predicted molar refractivity (Wildman–Crippen MR) is 78.2 cm³/mol. The molecule has 0 aromatic heterocycles. The summed E-state index contributed by atoms with van der Waals surface area (Å²) in [5, 5.41) is 0. The van der Waals surface area contributed by atoms with Crippen molar-refractivity contribution in [2.24, 2.45) is 0 Å². The van der Waals surface area contributed by atoms with Crippen molar-refractivity contribution in [2.75, 3.05) is 0 Å². The smallest absolute Gasteiger partial charge is 0.0174 e. The van der Waals surface area contributed by atoms with Crippen LogP contribution in [-0.4, -0.2) is 10.2 Å². The van der Waals surface area contributed by atoms with E-state index < -0.39 is 0 Å². The van der Waals surface area contributed by atoms with Gasteiger partial charge in [0.25, 0.3) is 0 Å². The molecule has 0 aliphatic heterocycles. The Morgan fingerprint density at radius 3 is 2.47 bits per heavy atom. The normalized spacial score (nSPS) is 17.9. The standard InChI is InChI=1S/C16H16Si/c1-11-10-15-13(12-6-3-2-4-7-12)8-5-9-14(15)16(11)17/h2-10,16H,1,17H3. The fourth-order valence-electron chi connectivity index (χ4n) is 2.59. The number of allylic oxidation sites excluding steroid dienone is 1. The molecule has 2 aromatic carbocycles. The second kappa shape index (κ2) is 4.01. The van der Waals surface area contributed by atoms with Gasteiger partial charge in [0.2, 0.25) is 0 Å². The highest BCUT2D eigenvalue weighted by Gasteiger charge is 2.20. The minimum Gasteiger partial charge on any atom is -0.0689 e. The van der Waals surface area contributed by atoms with Gasteiger partial charge in [-0.05, 0) is 34.7 Å². The van der Waals surface area contributed by atoms with Gasteiger partial charge in [0.05, 0.1) is 0 Å². The van der Waals surface area contributed by atoms with Crippen LogP contribution in [0.4, 0.5) is 0 Å². The van der Waals surface area contributed by atoms with E-state index in [9.17, 15) is 0 Å². The monoisotopic (exact) mass is 236 g/mol. The summed E-state index contributed by atoms with van der Waals surface area (Å²) < 4.78 is 0. The van der Waals surface area contributed by atoms with Gasteiger partial charge in [-0.15, -0.1) is 0 Å². The van der Waals surface area contributed by atoms with Crippen LogP contribution in [0.15, 0.2) is 54.1 Å². The molecule has 2 aromatic rings. The van der Waals surface area contributed by atoms with Gasteiger partial charge in [-0.1, -0.05) is 60.2 Å². The lowest BCUT2D eigenvalue weighted by molar-refractivity contribution is 1.14. The summed E-state index contributed by atoms with van der Waals surface area (Å²) in [5.74, 6) is 0. The molecule has 17 heavy (non-hydrogen) atoms. The summed E-state index contributed by atoms with van der Waals surface area (Å²) in [5.41, 5.74) is 7.89. The van der Waals surface area contributed by atoms with Gasteiger partial charge in [0.1, 0.15) is 0 Å². The minimum atomic E-state index is 0.702. The molecule has 0 N–H and O–H groups in total. The number of fused-ring (bicyclic) bond motifs is 1. The van der Waals surface area contributed by atoms with Gasteiger partial charge in [-0.25, -0.2) is 0 Å². The SMILES string of the molecule is CC1=Cc2c(-c3ccccc3)cccc2C1[SiH3]. The maximum absolute atomic E-state index is 2.37. The summed E-state index contributed by atoms with van der Waals surface area (Å²) >= 11 is 0. The Kier molecular flexibility index (Phi) is 2.48. The van der Waals surface area contributed by atoms with Crippen molar-refractivity contribution in [1.29, 1.82) is 0 Å². The van der Waals surface area contributed by atoms with E-state index in [1.54, 1.807) is 0 Å². The summed E-state index contributed by atoms with van der Waals surface area (Å²) in [4.78, 5) is 0. The topological polar surface area (TPSA) is 0 Å². The largest absolute Gasteiger partial charge is 0.0689 e. The number of hydrogen-bond acceptors (Lipinski definition) is 0. The molecule has 0 bridgehead atoms. The van der Waals surface area contributed by atoms with Crippen LogP contribution in [0, 0.1) is 0 Å². The average Bonchev–Trinajstić information content (AvgIpc) is 2.67. The van der Waals surface area contributed by atoms with E-state index in [2.05, 4.69) is 61.5 Å². The first-order chi connectivity index (χ1) is 8.27. The number of hydrogen-bond donors (Lipinski definition) is 0. The molecule has 1 aliphatic rings. The second-order valence-electron chi connectivity index (χ2n) is 4.78. The zero-order chi connectivity index (χ0) is 11.8. The molecule has 0 nitrogen and oxygen atoms in total. The van der Waals surface area contributed by atoms with E-state index in [-0.39, 0.29) is 0 Å². The molecule has 0 saturated carbocycles. The molecule has 0 fully saturated rings. The molecule has 0 amide bonds. The van der Waals surface area contributed by atoms with Crippen LogP contribution in [0.25, 0.3) is 17.2 Å². The zero-order valence-corrected chi connectivity index (χ0v) is 12.3. The second-order valence-corrected chi connectivity index (χ2v) is 5.94. The van der Waals surface area contributed by atoms with Crippen molar-refractivity contribution < 1.29 is 0 Å². The summed E-state index contributed by atoms with van der Waals surface area (Å²) in [7, 11) is 1.21. The van der Waals surface area contributed by atoms with Crippen LogP contribution in [0.3, 0.4) is 0 Å². The summed E-state index contributed by atoms with van der Waals surface area (Å²) in [6.45, 7) is 2.26. The van der Waals surface area contributed by atoms with Gasteiger partial charge in [-0.3, -0.25) is 0 Å². The van der Waals surface area contributed by atoms with E-state index in [0.29, 0.717) is 5.54 Å². The van der Waals surface area contributed by atoms with Crippen molar-refractivity contribution in [2.45, 2.75) is 12.5 Å². The van der Waals surface area contributed by atoms with Crippen molar-refractivity contribution in [3.63, 3.8) is 0 Å². The fourth-order valence-corrected chi connectivity index (χ4v) is 3.26. The van der Waals surface area contributed by atoms with E-state index >= 15 is 0 Å². The molecular formula is C16H16Si. The zero-order valence-electron chi connectivity index (χ0n) is 10.3. The highest BCUT2D eigenvalue weighted by Crippen LogP contribution is 2.39. The van der Waals surface area contributed by atoms with E-state index in [0.717, 1.165) is 0 Å². The van der Waals surface area contributed by atoms with Crippen molar-refractivity contribution in [3.05, 3.63) is 65.2 Å². The van der Waals surface area contributed by atoms with E-state index in [4.69, 9.17) is 0 Å². The Labute approximate surface area is 105 Å². The first kappa shape index (κ1) is 10.5. The average molecular weight is 236 g/mol.